The van der Waals surface area contributed by atoms with Crippen LogP contribution in [0.1, 0.15) is 5.56 Å². The van der Waals surface area contributed by atoms with Gasteiger partial charge in [0.1, 0.15) is 11.5 Å². The second-order valence-corrected chi connectivity index (χ2v) is 6.48. The number of hydrogen-bond donors (Lipinski definition) is 2. The Hall–Kier alpha value is -2.48. The lowest BCUT2D eigenvalue weighted by Crippen LogP contribution is -2.42. The van der Waals surface area contributed by atoms with Crippen molar-refractivity contribution in [2.45, 2.75) is 0 Å². The smallest absolute Gasteiger partial charge is 0.187 e. The van der Waals surface area contributed by atoms with E-state index < -0.39 is 0 Å². The number of morpholine rings is 1. The van der Waals surface area contributed by atoms with Gasteiger partial charge in [-0.3, -0.25) is 10.3 Å². The molecular weight excluding hydrogens is 360 g/mol. The Morgan fingerprint density at radius 2 is 1.89 bits per heavy atom. The predicted octanol–water partition coefficient (Wildman–Crippen LogP) is 2.61. The molecule has 0 atom stereocenters. The maximum Gasteiger partial charge on any atom is 0.187 e. The van der Waals surface area contributed by atoms with Crippen LogP contribution in [-0.4, -0.2) is 55.6 Å². The monoisotopic (exact) mass is 384 g/mol. The summed E-state index contributed by atoms with van der Waals surface area (Å²) in [5, 5.41) is 7.86. The van der Waals surface area contributed by atoms with Crippen LogP contribution < -0.4 is 15.5 Å². The van der Waals surface area contributed by atoms with Crippen molar-refractivity contribution in [1.82, 2.24) is 15.6 Å². The average Bonchev–Trinajstić information content (AvgIpc) is 2.70. The molecule has 0 radical (unpaired) electrons. The summed E-state index contributed by atoms with van der Waals surface area (Å²) in [6, 6.07) is 17.4. The maximum atomic E-state index is 5.82. The number of nitrogens with zero attached hydrogens (tertiary/aromatic N) is 2. The molecule has 0 aromatic heterocycles. The summed E-state index contributed by atoms with van der Waals surface area (Å²) >= 11 is 5.24. The normalized spacial score (nSPS) is 14.8. The number of thiocarbonyl (C=S) groups is 1. The minimum absolute atomic E-state index is 0.510. The van der Waals surface area contributed by atoms with Crippen LogP contribution in [0.25, 0.3) is 0 Å². The second-order valence-electron chi connectivity index (χ2n) is 6.07. The lowest BCUT2D eigenvalue weighted by molar-refractivity contribution is 0.0389. The largest absolute Gasteiger partial charge is 0.457 e. The Morgan fingerprint density at radius 3 is 2.70 bits per heavy atom. The minimum Gasteiger partial charge on any atom is -0.457 e. The average molecular weight is 385 g/mol. The third-order valence-electron chi connectivity index (χ3n) is 4.03. The van der Waals surface area contributed by atoms with Crippen molar-refractivity contribution in [1.29, 1.82) is 0 Å². The lowest BCUT2D eigenvalue weighted by Gasteiger charge is -2.26. The summed E-state index contributed by atoms with van der Waals surface area (Å²) in [6.45, 7) is 5.28. The van der Waals surface area contributed by atoms with Crippen LogP contribution in [0.4, 0.5) is 0 Å². The third-order valence-corrected chi connectivity index (χ3v) is 4.27. The molecule has 2 aromatic carbocycles. The fourth-order valence-corrected chi connectivity index (χ4v) is 2.80. The van der Waals surface area contributed by atoms with Crippen molar-refractivity contribution in [2.75, 3.05) is 39.4 Å². The Labute approximate surface area is 165 Å². The molecule has 1 heterocycles. The van der Waals surface area contributed by atoms with E-state index in [4.69, 9.17) is 21.7 Å². The molecule has 1 aliphatic rings. The summed E-state index contributed by atoms with van der Waals surface area (Å²) in [5.41, 5.74) is 3.77. The van der Waals surface area contributed by atoms with Crippen LogP contribution in [-0.2, 0) is 4.74 Å². The van der Waals surface area contributed by atoms with Gasteiger partial charge < -0.3 is 14.8 Å². The molecule has 1 saturated heterocycles. The first kappa shape index (κ1) is 19.3. The Balaban J connectivity index is 1.41. The number of nitrogens with one attached hydrogen (secondary N) is 2. The molecule has 1 fully saturated rings. The molecule has 2 aromatic rings. The van der Waals surface area contributed by atoms with Gasteiger partial charge in [0.05, 0.1) is 19.4 Å². The van der Waals surface area contributed by atoms with Crippen molar-refractivity contribution >= 4 is 23.5 Å². The van der Waals surface area contributed by atoms with Gasteiger partial charge in [0.15, 0.2) is 5.11 Å². The topological polar surface area (TPSA) is 58.1 Å². The van der Waals surface area contributed by atoms with Gasteiger partial charge in [-0.2, -0.15) is 5.10 Å². The number of ether oxygens (including phenoxy) is 2. The van der Waals surface area contributed by atoms with E-state index >= 15 is 0 Å². The highest BCUT2D eigenvalue weighted by Gasteiger charge is 2.09. The van der Waals surface area contributed by atoms with Gasteiger partial charge in [0, 0.05) is 26.2 Å². The molecule has 1 aliphatic heterocycles. The highest BCUT2D eigenvalue weighted by molar-refractivity contribution is 7.80. The molecule has 0 spiro atoms. The zero-order valence-corrected chi connectivity index (χ0v) is 16.0. The van der Waals surface area contributed by atoms with E-state index in [-0.39, 0.29) is 0 Å². The molecule has 142 valence electrons. The van der Waals surface area contributed by atoms with Gasteiger partial charge in [-0.05, 0) is 42.0 Å². The van der Waals surface area contributed by atoms with Crippen LogP contribution in [0, 0.1) is 0 Å². The Bertz CT molecular complexity index is 749. The van der Waals surface area contributed by atoms with E-state index in [1.165, 1.54) is 0 Å². The van der Waals surface area contributed by atoms with Gasteiger partial charge >= 0.3 is 0 Å². The van der Waals surface area contributed by atoms with Gasteiger partial charge in [0.2, 0.25) is 0 Å². The Morgan fingerprint density at radius 1 is 1.11 bits per heavy atom. The maximum absolute atomic E-state index is 5.82. The molecule has 3 rings (SSSR count). The standard InChI is InChI=1S/C20H24N4O2S/c27-20(21-9-10-24-11-13-25-14-12-24)23-22-16-17-5-4-8-19(15-17)26-18-6-2-1-3-7-18/h1-8,15-16H,9-14H2,(H2,21,23,27)/b22-16+. The molecule has 7 heteroatoms. The quantitative estimate of drug-likeness (QED) is 0.435. The van der Waals surface area contributed by atoms with E-state index in [9.17, 15) is 0 Å². The van der Waals surface area contributed by atoms with Gasteiger partial charge in [0.25, 0.3) is 0 Å². The van der Waals surface area contributed by atoms with Crippen molar-refractivity contribution < 1.29 is 9.47 Å². The summed E-state index contributed by atoms with van der Waals surface area (Å²) in [6.07, 6.45) is 1.72. The van der Waals surface area contributed by atoms with Crippen LogP contribution >= 0.6 is 12.2 Å². The SMILES string of the molecule is S=C(NCCN1CCOCC1)N/N=C/c1cccc(Oc2ccccc2)c1. The van der Waals surface area contributed by atoms with E-state index in [2.05, 4.69) is 20.7 Å². The van der Waals surface area contributed by atoms with E-state index in [0.717, 1.165) is 56.5 Å². The van der Waals surface area contributed by atoms with Crippen LogP contribution in [0.5, 0.6) is 11.5 Å². The van der Waals surface area contributed by atoms with E-state index in [0.29, 0.717) is 5.11 Å². The van der Waals surface area contributed by atoms with Crippen molar-refractivity contribution in [3.05, 3.63) is 60.2 Å². The van der Waals surface area contributed by atoms with Gasteiger partial charge in [-0.25, -0.2) is 0 Å². The van der Waals surface area contributed by atoms with Crippen molar-refractivity contribution in [2.24, 2.45) is 5.10 Å². The molecule has 6 nitrogen and oxygen atoms in total. The highest BCUT2D eigenvalue weighted by Crippen LogP contribution is 2.21. The highest BCUT2D eigenvalue weighted by atomic mass is 32.1. The zero-order valence-electron chi connectivity index (χ0n) is 15.1. The number of hydrogen-bond acceptors (Lipinski definition) is 5. The molecular formula is C20H24N4O2S. The van der Waals surface area contributed by atoms with Crippen LogP contribution in [0.2, 0.25) is 0 Å². The van der Waals surface area contributed by atoms with Crippen molar-refractivity contribution in [3.8, 4) is 11.5 Å². The number of benzene rings is 2. The molecule has 27 heavy (non-hydrogen) atoms. The fraction of sp³-hybridized carbons (Fsp3) is 0.300. The van der Waals surface area contributed by atoms with Crippen molar-refractivity contribution in [3.63, 3.8) is 0 Å². The van der Waals surface area contributed by atoms with E-state index in [1.54, 1.807) is 6.21 Å². The van der Waals surface area contributed by atoms with E-state index in [1.807, 2.05) is 54.6 Å². The number of hydrazone groups is 1. The minimum atomic E-state index is 0.510. The summed E-state index contributed by atoms with van der Waals surface area (Å²) in [4.78, 5) is 2.35. The first-order chi connectivity index (χ1) is 13.3. The summed E-state index contributed by atoms with van der Waals surface area (Å²) in [5.74, 6) is 1.56. The third kappa shape index (κ3) is 6.97. The first-order valence-corrected chi connectivity index (χ1v) is 9.40. The lowest BCUT2D eigenvalue weighted by atomic mass is 10.2. The summed E-state index contributed by atoms with van der Waals surface area (Å²) < 4.78 is 11.2. The second kappa shape index (κ2) is 10.6. The Kier molecular flexibility index (Phi) is 7.58. The molecule has 2 N–H and O–H groups in total. The first-order valence-electron chi connectivity index (χ1n) is 8.99. The summed E-state index contributed by atoms with van der Waals surface area (Å²) in [7, 11) is 0. The van der Waals surface area contributed by atoms with Gasteiger partial charge in [-0.15, -0.1) is 0 Å². The molecule has 0 unspecified atom stereocenters. The number of para-hydroxylation sites is 1. The van der Waals surface area contributed by atoms with Crippen LogP contribution in [0.15, 0.2) is 59.7 Å². The number of rotatable bonds is 7. The molecule has 0 amide bonds. The molecule has 0 bridgehead atoms. The molecule has 0 aliphatic carbocycles. The van der Waals surface area contributed by atoms with Crippen LogP contribution in [0.3, 0.4) is 0 Å². The fourth-order valence-electron chi connectivity index (χ4n) is 2.64. The molecule has 0 saturated carbocycles. The zero-order chi connectivity index (χ0) is 18.7. The predicted molar refractivity (Wildman–Crippen MR) is 112 cm³/mol. The van der Waals surface area contributed by atoms with Gasteiger partial charge in [-0.1, -0.05) is 30.3 Å².